The van der Waals surface area contributed by atoms with Gasteiger partial charge in [0.25, 0.3) is 5.91 Å². The Morgan fingerprint density at radius 3 is 2.59 bits per heavy atom. The summed E-state index contributed by atoms with van der Waals surface area (Å²) in [6, 6.07) is 12.0. The van der Waals surface area contributed by atoms with Crippen molar-refractivity contribution in [1.82, 2.24) is 20.6 Å². The second-order valence-corrected chi connectivity index (χ2v) is 5.98. The van der Waals surface area contributed by atoms with Crippen molar-refractivity contribution in [2.45, 2.75) is 26.3 Å². The van der Waals surface area contributed by atoms with Gasteiger partial charge < -0.3 is 14.4 Å². The van der Waals surface area contributed by atoms with Gasteiger partial charge >= 0.3 is 0 Å². The first-order valence-electron chi connectivity index (χ1n) is 8.61. The van der Waals surface area contributed by atoms with Gasteiger partial charge in [0.1, 0.15) is 11.8 Å². The number of aryl methyl sites for hydroxylation is 1. The van der Waals surface area contributed by atoms with Crippen molar-refractivity contribution in [1.29, 1.82) is 0 Å². The molecule has 0 aliphatic rings. The zero-order valence-electron chi connectivity index (χ0n) is 15.1. The molecule has 0 saturated carbocycles. The number of aromatic nitrogens is 2. The van der Waals surface area contributed by atoms with Crippen LogP contribution in [0.15, 0.2) is 59.4 Å². The van der Waals surface area contributed by atoms with Crippen molar-refractivity contribution in [2.75, 3.05) is 5.32 Å². The molecule has 0 bridgehead atoms. The Hall–Kier alpha value is -3.39. The first-order chi connectivity index (χ1) is 13.1. The van der Waals surface area contributed by atoms with Gasteiger partial charge in [-0.25, -0.2) is 5.43 Å². The van der Waals surface area contributed by atoms with E-state index in [1.54, 1.807) is 25.1 Å². The van der Waals surface area contributed by atoms with E-state index >= 15 is 0 Å². The minimum absolute atomic E-state index is 0.315. The largest absolute Gasteiger partial charge is 0.360 e. The number of anilines is 1. The zero-order chi connectivity index (χ0) is 19.2. The lowest BCUT2D eigenvalue weighted by Crippen LogP contribution is -2.49. The molecule has 0 spiro atoms. The Bertz CT molecular complexity index is 917. The van der Waals surface area contributed by atoms with Gasteiger partial charge in [-0.2, -0.15) is 0 Å². The number of nitrogens with zero attached hydrogens (tertiary/aromatic N) is 2. The quantitative estimate of drug-likeness (QED) is 0.557. The average Bonchev–Trinajstić information content (AvgIpc) is 3.34. The van der Waals surface area contributed by atoms with Crippen molar-refractivity contribution in [3.8, 4) is 5.69 Å². The highest BCUT2D eigenvalue weighted by Crippen LogP contribution is 2.14. The van der Waals surface area contributed by atoms with E-state index in [4.69, 9.17) is 4.52 Å². The van der Waals surface area contributed by atoms with E-state index < -0.39 is 6.04 Å². The summed E-state index contributed by atoms with van der Waals surface area (Å²) in [5.74, 6) is 0.288. The summed E-state index contributed by atoms with van der Waals surface area (Å²) in [7, 11) is 0. The highest BCUT2D eigenvalue weighted by atomic mass is 16.5. The highest BCUT2D eigenvalue weighted by molar-refractivity contribution is 5.98. The predicted molar refractivity (Wildman–Crippen MR) is 100 cm³/mol. The van der Waals surface area contributed by atoms with Crippen LogP contribution in [0.3, 0.4) is 0 Å². The van der Waals surface area contributed by atoms with Crippen LogP contribution in [0.2, 0.25) is 0 Å². The third-order valence-corrected chi connectivity index (χ3v) is 4.00. The Balaban J connectivity index is 1.65. The summed E-state index contributed by atoms with van der Waals surface area (Å²) in [4.78, 5) is 25.0. The lowest BCUT2D eigenvalue weighted by molar-refractivity contribution is -0.118. The number of nitrogens with one attached hydrogen (secondary N) is 3. The van der Waals surface area contributed by atoms with E-state index in [9.17, 15) is 9.59 Å². The first kappa shape index (κ1) is 18.4. The molecule has 1 atom stereocenters. The lowest BCUT2D eigenvalue weighted by Gasteiger charge is -2.17. The van der Waals surface area contributed by atoms with Gasteiger partial charge in [0.05, 0.1) is 11.3 Å². The topological polar surface area (TPSA) is 101 Å². The van der Waals surface area contributed by atoms with E-state index in [-0.39, 0.29) is 11.8 Å². The molecule has 0 aliphatic heterocycles. The van der Waals surface area contributed by atoms with Crippen LogP contribution < -0.4 is 16.2 Å². The maximum Gasteiger partial charge on any atom is 0.267 e. The Labute approximate surface area is 156 Å². The molecular formula is C19H21N5O3. The molecule has 0 fully saturated rings. The molecule has 3 rings (SSSR count). The maximum absolute atomic E-state index is 12.6. The van der Waals surface area contributed by atoms with Crippen LogP contribution >= 0.6 is 0 Å². The van der Waals surface area contributed by atoms with E-state index in [2.05, 4.69) is 21.3 Å². The van der Waals surface area contributed by atoms with E-state index in [1.165, 1.54) is 0 Å². The molecule has 1 aromatic carbocycles. The van der Waals surface area contributed by atoms with Crippen LogP contribution in [0.5, 0.6) is 0 Å². The predicted octanol–water partition coefficient (Wildman–Crippen LogP) is 2.43. The first-order valence-corrected chi connectivity index (χ1v) is 8.61. The molecule has 2 amide bonds. The summed E-state index contributed by atoms with van der Waals surface area (Å²) < 4.78 is 6.78. The van der Waals surface area contributed by atoms with Crippen molar-refractivity contribution >= 4 is 17.6 Å². The van der Waals surface area contributed by atoms with Gasteiger partial charge in [0, 0.05) is 18.5 Å². The van der Waals surface area contributed by atoms with Crippen molar-refractivity contribution in [3.63, 3.8) is 0 Å². The van der Waals surface area contributed by atoms with E-state index in [0.717, 1.165) is 5.69 Å². The van der Waals surface area contributed by atoms with Crippen LogP contribution in [0, 0.1) is 6.92 Å². The fourth-order valence-electron chi connectivity index (χ4n) is 2.60. The fraction of sp³-hybridized carbons (Fsp3) is 0.211. The maximum atomic E-state index is 12.6. The molecule has 3 aromatic rings. The summed E-state index contributed by atoms with van der Waals surface area (Å²) in [5.41, 5.74) is 6.64. The fourth-order valence-corrected chi connectivity index (χ4v) is 2.60. The smallest absolute Gasteiger partial charge is 0.267 e. The number of benzene rings is 1. The molecule has 0 saturated heterocycles. The summed E-state index contributed by atoms with van der Waals surface area (Å²) in [6.45, 7) is 3.58. The number of hydrazine groups is 1. The third kappa shape index (κ3) is 4.42. The second kappa shape index (κ2) is 8.33. The molecule has 8 nitrogen and oxygen atoms in total. The van der Waals surface area contributed by atoms with Crippen LogP contribution in [-0.2, 0) is 4.79 Å². The van der Waals surface area contributed by atoms with Crippen LogP contribution in [-0.4, -0.2) is 27.6 Å². The van der Waals surface area contributed by atoms with Crippen molar-refractivity contribution < 1.29 is 14.1 Å². The van der Waals surface area contributed by atoms with E-state index in [1.807, 2.05) is 48.1 Å². The number of carbonyl (C=O) groups is 2. The van der Waals surface area contributed by atoms with Crippen molar-refractivity contribution in [3.05, 3.63) is 66.2 Å². The van der Waals surface area contributed by atoms with Crippen molar-refractivity contribution in [2.24, 2.45) is 0 Å². The Morgan fingerprint density at radius 1 is 1.19 bits per heavy atom. The van der Waals surface area contributed by atoms with Crippen LogP contribution in [0.4, 0.5) is 5.82 Å². The zero-order valence-corrected chi connectivity index (χ0v) is 15.1. The molecule has 8 heteroatoms. The van der Waals surface area contributed by atoms with Gasteiger partial charge in [0.15, 0.2) is 5.82 Å². The molecule has 140 valence electrons. The standard InChI is InChI=1S/C19H21N5O3/c1-3-15(19(26)20-17-12-13(2)27-23-17)21-22-18(25)14-8-4-5-9-16(14)24-10-6-7-11-24/h4-12,15,21H,3H2,1-2H3,(H,22,25)(H,20,23,26). The third-order valence-electron chi connectivity index (χ3n) is 4.00. The molecule has 0 aliphatic carbocycles. The lowest BCUT2D eigenvalue weighted by atomic mass is 10.1. The normalized spacial score (nSPS) is 11.8. The molecule has 2 heterocycles. The van der Waals surface area contributed by atoms with E-state index in [0.29, 0.717) is 23.6 Å². The molecule has 3 N–H and O–H groups in total. The van der Waals surface area contributed by atoms with Gasteiger partial charge in [-0.3, -0.25) is 15.0 Å². The Kier molecular flexibility index (Phi) is 5.68. The van der Waals surface area contributed by atoms with Gasteiger partial charge in [-0.1, -0.05) is 24.2 Å². The number of carbonyl (C=O) groups excluding carboxylic acids is 2. The minimum Gasteiger partial charge on any atom is -0.360 e. The second-order valence-electron chi connectivity index (χ2n) is 5.98. The number of amides is 2. The minimum atomic E-state index is -0.621. The number of rotatable bonds is 7. The molecule has 1 unspecified atom stereocenters. The highest BCUT2D eigenvalue weighted by Gasteiger charge is 2.19. The molecule has 0 radical (unpaired) electrons. The summed E-state index contributed by atoms with van der Waals surface area (Å²) >= 11 is 0. The Morgan fingerprint density at radius 2 is 1.93 bits per heavy atom. The molecule has 2 aromatic heterocycles. The van der Waals surface area contributed by atoms with Gasteiger partial charge in [-0.05, 0) is 37.6 Å². The summed E-state index contributed by atoms with van der Waals surface area (Å²) in [5, 5.41) is 6.38. The van der Waals surface area contributed by atoms with Crippen LogP contribution in [0.1, 0.15) is 29.5 Å². The molecular weight excluding hydrogens is 346 g/mol. The van der Waals surface area contributed by atoms with Gasteiger partial charge in [0.2, 0.25) is 5.91 Å². The average molecular weight is 367 g/mol. The monoisotopic (exact) mass is 367 g/mol. The number of para-hydroxylation sites is 1. The number of hydrogen-bond acceptors (Lipinski definition) is 5. The number of hydrogen-bond donors (Lipinski definition) is 3. The molecule has 27 heavy (non-hydrogen) atoms. The SMILES string of the molecule is CCC(NNC(=O)c1ccccc1-n1cccc1)C(=O)Nc1cc(C)on1. The van der Waals surface area contributed by atoms with Crippen LogP contribution in [0.25, 0.3) is 5.69 Å². The van der Waals surface area contributed by atoms with Gasteiger partial charge in [-0.15, -0.1) is 0 Å². The summed E-state index contributed by atoms with van der Waals surface area (Å²) in [6.07, 6.45) is 4.20.